The lowest BCUT2D eigenvalue weighted by Gasteiger charge is -2.29. The summed E-state index contributed by atoms with van der Waals surface area (Å²) in [6.45, 7) is 0. The van der Waals surface area contributed by atoms with E-state index in [1.165, 1.54) is 17.4 Å². The molecule has 0 saturated heterocycles. The van der Waals surface area contributed by atoms with Crippen molar-refractivity contribution in [3.63, 3.8) is 0 Å². The highest BCUT2D eigenvalue weighted by atomic mass is 32.1. The summed E-state index contributed by atoms with van der Waals surface area (Å²) in [5, 5.41) is 3.18. The van der Waals surface area contributed by atoms with E-state index in [9.17, 15) is 1.37 Å². The summed E-state index contributed by atoms with van der Waals surface area (Å²) >= 11 is 1.28. The number of benzene rings is 8. The van der Waals surface area contributed by atoms with Crippen molar-refractivity contribution in [2.75, 3.05) is 4.90 Å². The van der Waals surface area contributed by atoms with Crippen molar-refractivity contribution in [1.29, 1.82) is 0 Å². The second-order valence-electron chi connectivity index (χ2n) is 11.4. The summed E-state index contributed by atoms with van der Waals surface area (Å²) in [4.78, 5) is 1.97. The molecule has 0 radical (unpaired) electrons. The summed E-state index contributed by atoms with van der Waals surface area (Å²) in [7, 11) is 0. The van der Waals surface area contributed by atoms with E-state index in [-0.39, 0.29) is 28.9 Å². The van der Waals surface area contributed by atoms with Crippen LogP contribution in [-0.2, 0) is 0 Å². The Morgan fingerprint density at radius 2 is 1.23 bits per heavy atom. The molecule has 1 aromatic heterocycles. The molecule has 1 heterocycles. The van der Waals surface area contributed by atoms with Crippen LogP contribution in [0.15, 0.2) is 170 Å². The van der Waals surface area contributed by atoms with Gasteiger partial charge < -0.3 is 4.90 Å². The van der Waals surface area contributed by atoms with Crippen molar-refractivity contribution in [2.24, 2.45) is 0 Å². The van der Waals surface area contributed by atoms with Gasteiger partial charge in [0.05, 0.1) is 18.2 Å². The second kappa shape index (κ2) is 11.2. The SMILES string of the molecule is [2H]c1c([2H])c([2H])c2c(c1[2H])c([2H])c(N(c1ccc(-c3ccccc3)cc1)c1ccccc1-c1cccc3ccccc13)c1c2sc2cccc(F)c21. The third-order valence-corrected chi connectivity index (χ3v) is 9.91. The first-order chi connectivity index (χ1) is 25.3. The molecule has 0 N–H and O–H groups in total. The van der Waals surface area contributed by atoms with Crippen LogP contribution < -0.4 is 4.90 Å². The van der Waals surface area contributed by atoms with Gasteiger partial charge >= 0.3 is 0 Å². The highest BCUT2D eigenvalue weighted by Gasteiger charge is 2.24. The fourth-order valence-electron chi connectivity index (χ4n) is 6.61. The molecule has 0 fully saturated rings. The van der Waals surface area contributed by atoms with Gasteiger partial charge in [-0.1, -0.05) is 133 Å². The average molecular weight is 627 g/mol. The van der Waals surface area contributed by atoms with Crippen LogP contribution in [0.3, 0.4) is 0 Å². The van der Waals surface area contributed by atoms with Crippen molar-refractivity contribution in [2.45, 2.75) is 0 Å². The Bertz CT molecular complexity index is 2860. The summed E-state index contributed by atoms with van der Waals surface area (Å²) in [6, 6.07) is 43.8. The van der Waals surface area contributed by atoms with E-state index < -0.39 is 17.9 Å². The van der Waals surface area contributed by atoms with Crippen LogP contribution in [0.4, 0.5) is 21.5 Å². The Hall–Kier alpha value is -5.77. The number of thiophene rings is 1. The Kier molecular flexibility index (Phi) is 5.42. The maximum Gasteiger partial charge on any atom is 0.132 e. The average Bonchev–Trinajstić information content (AvgIpc) is 3.58. The molecule has 47 heavy (non-hydrogen) atoms. The van der Waals surface area contributed by atoms with Crippen molar-refractivity contribution in [3.05, 3.63) is 176 Å². The van der Waals surface area contributed by atoms with E-state index in [1.807, 2.05) is 108 Å². The quantitative estimate of drug-likeness (QED) is 0.184. The van der Waals surface area contributed by atoms with Crippen LogP contribution in [0.25, 0.3) is 64.0 Å². The molecular weight excluding hydrogens is 594 g/mol. The van der Waals surface area contributed by atoms with E-state index in [2.05, 4.69) is 24.3 Å². The zero-order chi connectivity index (χ0) is 35.7. The molecule has 0 unspecified atom stereocenters. The van der Waals surface area contributed by atoms with Crippen molar-refractivity contribution in [3.8, 4) is 22.3 Å². The Morgan fingerprint density at radius 1 is 0.532 bits per heavy atom. The molecule has 1 nitrogen and oxygen atoms in total. The van der Waals surface area contributed by atoms with Crippen molar-refractivity contribution < 1.29 is 11.2 Å². The fourth-order valence-corrected chi connectivity index (χ4v) is 7.84. The van der Waals surface area contributed by atoms with Gasteiger partial charge in [-0.25, -0.2) is 4.39 Å². The summed E-state index contributed by atoms with van der Waals surface area (Å²) in [5.41, 5.74) is 5.69. The lowest BCUT2D eigenvalue weighted by Crippen LogP contribution is -2.12. The van der Waals surface area contributed by atoms with Crippen molar-refractivity contribution >= 4 is 70.1 Å². The molecule has 0 atom stereocenters. The Balaban J connectivity index is 1.45. The molecule has 3 heteroatoms. The molecule has 0 aliphatic carbocycles. The van der Waals surface area contributed by atoms with Crippen LogP contribution in [0.1, 0.15) is 6.85 Å². The van der Waals surface area contributed by atoms with Crippen LogP contribution >= 0.6 is 11.3 Å². The summed E-state index contributed by atoms with van der Waals surface area (Å²) in [6.07, 6.45) is 0. The number of nitrogens with zero attached hydrogens (tertiary/aromatic N) is 1. The first kappa shape index (κ1) is 22.7. The Morgan fingerprint density at radius 3 is 2.13 bits per heavy atom. The minimum Gasteiger partial charge on any atom is -0.309 e. The third-order valence-electron chi connectivity index (χ3n) is 8.74. The van der Waals surface area contributed by atoms with E-state index in [4.69, 9.17) is 5.48 Å². The zero-order valence-corrected chi connectivity index (χ0v) is 25.8. The van der Waals surface area contributed by atoms with E-state index in [0.29, 0.717) is 31.5 Å². The van der Waals surface area contributed by atoms with Gasteiger partial charge in [0.25, 0.3) is 0 Å². The number of halogens is 1. The fraction of sp³-hybridized carbons (Fsp3) is 0. The van der Waals surface area contributed by atoms with E-state index >= 15 is 4.39 Å². The lowest BCUT2D eigenvalue weighted by molar-refractivity contribution is 0.641. The first-order valence-corrected chi connectivity index (χ1v) is 16.2. The smallest absolute Gasteiger partial charge is 0.132 e. The minimum atomic E-state index is -0.466. The largest absolute Gasteiger partial charge is 0.309 e. The molecule has 222 valence electrons. The van der Waals surface area contributed by atoms with Gasteiger partial charge in [0, 0.05) is 31.4 Å². The molecular formula is C44H28FNS. The summed E-state index contributed by atoms with van der Waals surface area (Å²) in [5.74, 6) is -0.466. The topological polar surface area (TPSA) is 3.24 Å². The van der Waals surface area contributed by atoms with E-state index in [0.717, 1.165) is 38.7 Å². The molecule has 8 aromatic carbocycles. The predicted octanol–water partition coefficient (Wildman–Crippen LogP) is 13.3. The van der Waals surface area contributed by atoms with Crippen LogP contribution in [0.5, 0.6) is 0 Å². The number of hydrogen-bond acceptors (Lipinski definition) is 2. The third kappa shape index (κ3) is 4.59. The Labute approximate surface area is 283 Å². The van der Waals surface area contributed by atoms with Gasteiger partial charge in [-0.2, -0.15) is 0 Å². The molecule has 0 aliphatic rings. The lowest BCUT2D eigenvalue weighted by atomic mass is 9.95. The molecule has 0 saturated carbocycles. The maximum atomic E-state index is 16.2. The number of anilines is 3. The van der Waals surface area contributed by atoms with Gasteiger partial charge in [0.1, 0.15) is 5.82 Å². The maximum absolute atomic E-state index is 16.2. The molecule has 9 aromatic rings. The van der Waals surface area contributed by atoms with Gasteiger partial charge in [-0.3, -0.25) is 0 Å². The second-order valence-corrected chi connectivity index (χ2v) is 12.5. The predicted molar refractivity (Wildman–Crippen MR) is 200 cm³/mol. The molecule has 0 amide bonds. The number of hydrogen-bond donors (Lipinski definition) is 0. The number of rotatable bonds is 5. The zero-order valence-electron chi connectivity index (χ0n) is 30.0. The highest BCUT2D eigenvalue weighted by Crippen LogP contribution is 2.50. The van der Waals surface area contributed by atoms with Crippen LogP contribution in [0.2, 0.25) is 0 Å². The van der Waals surface area contributed by atoms with Crippen LogP contribution in [0, 0.1) is 5.82 Å². The number of fused-ring (bicyclic) bond motifs is 6. The monoisotopic (exact) mass is 626 g/mol. The van der Waals surface area contributed by atoms with Crippen LogP contribution in [-0.4, -0.2) is 0 Å². The van der Waals surface area contributed by atoms with Gasteiger partial charge in [-0.15, -0.1) is 11.3 Å². The van der Waals surface area contributed by atoms with E-state index in [1.54, 1.807) is 6.07 Å². The normalized spacial score (nSPS) is 13.0. The van der Waals surface area contributed by atoms with Gasteiger partial charge in [-0.05, 0) is 74.6 Å². The standard InChI is InChI=1S/C44H28FNS/c45-38-21-11-23-41-42(38)43-40(28-32-15-5-7-18-35(32)44(43)47-41)46(33-26-24-30(25-27-33)29-12-2-1-3-13-29)39-22-9-8-19-37(39)36-20-10-16-31-14-4-6-17-34(31)36/h1-28H/i5D,7D,15D,18D,28D. The minimum absolute atomic E-state index is 0.0917. The molecule has 9 rings (SSSR count). The molecule has 0 bridgehead atoms. The van der Waals surface area contributed by atoms with Gasteiger partial charge in [0.15, 0.2) is 0 Å². The van der Waals surface area contributed by atoms with Crippen molar-refractivity contribution in [1.82, 2.24) is 0 Å². The molecule has 0 spiro atoms. The van der Waals surface area contributed by atoms with Gasteiger partial charge in [0.2, 0.25) is 0 Å². The summed E-state index contributed by atoms with van der Waals surface area (Å²) < 4.78 is 62.4. The number of para-hydroxylation sites is 1. The molecule has 0 aliphatic heterocycles. The highest BCUT2D eigenvalue weighted by molar-refractivity contribution is 7.26. The first-order valence-electron chi connectivity index (χ1n) is 17.9.